The number of aliphatic hydroxyl groups excluding tert-OH is 1. The molecule has 0 fully saturated rings. The summed E-state index contributed by atoms with van der Waals surface area (Å²) in [5.74, 6) is 0.443. The molecular weight excluding hydrogens is 566 g/mol. The van der Waals surface area contributed by atoms with Gasteiger partial charge in [0.15, 0.2) is 0 Å². The van der Waals surface area contributed by atoms with Gasteiger partial charge in [-0.05, 0) is 60.9 Å². The second-order valence-corrected chi connectivity index (χ2v) is 11.3. The molecule has 0 aliphatic rings. The highest BCUT2D eigenvalue weighted by molar-refractivity contribution is 5.81. The summed E-state index contributed by atoms with van der Waals surface area (Å²) in [5.41, 5.74) is 5.90. The molecule has 0 amide bonds. The van der Waals surface area contributed by atoms with E-state index in [-0.39, 0.29) is 6.42 Å². The summed E-state index contributed by atoms with van der Waals surface area (Å²) in [5, 5.41) is 18.0. The van der Waals surface area contributed by atoms with Crippen LogP contribution >= 0.6 is 0 Å². The number of carbonyl (C=O) groups is 2. The van der Waals surface area contributed by atoms with Gasteiger partial charge in [0.05, 0.1) is 27.7 Å². The van der Waals surface area contributed by atoms with Crippen LogP contribution in [0.4, 0.5) is 0 Å². The van der Waals surface area contributed by atoms with Crippen molar-refractivity contribution in [1.82, 2.24) is 14.5 Å². The molecule has 8 heteroatoms. The van der Waals surface area contributed by atoms with E-state index in [4.69, 9.17) is 19.8 Å². The van der Waals surface area contributed by atoms with Gasteiger partial charge in [0.25, 0.3) is 0 Å². The van der Waals surface area contributed by atoms with Gasteiger partial charge in [0.2, 0.25) is 0 Å². The average molecular weight is 602 g/mol. The number of hydrogen-bond donors (Lipinski definition) is 2. The maximum Gasteiger partial charge on any atom is 0.309 e. The fraction of sp³-hybridized carbons (Fsp3) is 0.189. The van der Waals surface area contributed by atoms with Crippen LogP contribution in [0.5, 0.6) is 5.75 Å². The fourth-order valence-electron chi connectivity index (χ4n) is 5.27. The molecule has 2 heterocycles. The van der Waals surface area contributed by atoms with Crippen molar-refractivity contribution in [3.63, 3.8) is 0 Å². The van der Waals surface area contributed by atoms with Crippen LogP contribution in [0.1, 0.15) is 41.3 Å². The monoisotopic (exact) mass is 601 g/mol. The summed E-state index contributed by atoms with van der Waals surface area (Å²) in [6, 6.07) is 33.3. The minimum Gasteiger partial charge on any atom is -0.487 e. The number of fused-ring (bicyclic) bond motifs is 2. The molecule has 6 rings (SSSR count). The summed E-state index contributed by atoms with van der Waals surface area (Å²) in [6.45, 7) is 4.21. The number of aliphatic carboxylic acids is 1. The number of nitrogens with zero attached hydrogens (tertiary/aromatic N) is 3. The van der Waals surface area contributed by atoms with Crippen LogP contribution in [0.15, 0.2) is 103 Å². The molecule has 2 N–H and O–H groups in total. The largest absolute Gasteiger partial charge is 0.487 e. The van der Waals surface area contributed by atoms with Gasteiger partial charge in [0, 0.05) is 37.1 Å². The predicted octanol–water partition coefficient (Wildman–Crippen LogP) is 6.95. The molecule has 45 heavy (non-hydrogen) atoms. The highest BCUT2D eigenvalue weighted by Crippen LogP contribution is 2.31. The van der Waals surface area contributed by atoms with E-state index in [2.05, 4.69) is 10.6 Å². The molecule has 0 bridgehead atoms. The topological polar surface area (TPSA) is 115 Å². The lowest BCUT2D eigenvalue weighted by atomic mass is 9.89. The molecule has 2 aromatic heterocycles. The normalized spacial score (nSPS) is 11.2. The molecule has 228 valence electrons. The maximum absolute atomic E-state index is 12.1. The van der Waals surface area contributed by atoms with Crippen molar-refractivity contribution in [2.75, 3.05) is 7.11 Å². The molecule has 8 nitrogen and oxygen atoms in total. The number of ether oxygens (including phenoxy) is 1. The Morgan fingerprint density at radius 3 is 2.44 bits per heavy atom. The molecule has 6 aromatic rings. The first-order valence-corrected chi connectivity index (χ1v) is 14.6. The lowest BCUT2D eigenvalue weighted by molar-refractivity contribution is -0.146. The van der Waals surface area contributed by atoms with E-state index in [0.717, 1.165) is 57.7 Å². The number of pyridine rings is 1. The highest BCUT2D eigenvalue weighted by Gasteiger charge is 2.30. The number of rotatable bonds is 10. The van der Waals surface area contributed by atoms with E-state index in [1.807, 2.05) is 91.0 Å². The maximum atomic E-state index is 12.1. The predicted molar refractivity (Wildman–Crippen MR) is 175 cm³/mol. The molecule has 4 aromatic carbocycles. The molecule has 0 atom stereocenters. The molecule has 0 unspecified atom stereocenters. The van der Waals surface area contributed by atoms with Crippen LogP contribution in [0.25, 0.3) is 33.1 Å². The summed E-state index contributed by atoms with van der Waals surface area (Å²) in [4.78, 5) is 33.1. The van der Waals surface area contributed by atoms with Gasteiger partial charge in [-0.25, -0.2) is 9.97 Å². The smallest absolute Gasteiger partial charge is 0.309 e. The Labute approximate surface area is 261 Å². The number of hydrogen-bond acceptors (Lipinski definition) is 6. The van der Waals surface area contributed by atoms with Crippen molar-refractivity contribution in [2.45, 2.75) is 33.4 Å². The lowest BCUT2D eigenvalue weighted by Gasteiger charge is -2.20. The Balaban J connectivity index is 0.00000196. The molecule has 0 saturated heterocycles. The first-order chi connectivity index (χ1) is 21.8. The second kappa shape index (κ2) is 13.5. The van der Waals surface area contributed by atoms with Gasteiger partial charge in [-0.2, -0.15) is 0 Å². The van der Waals surface area contributed by atoms with Gasteiger partial charge in [-0.1, -0.05) is 66.7 Å². The van der Waals surface area contributed by atoms with Crippen molar-refractivity contribution < 1.29 is 24.5 Å². The molecule has 0 aliphatic carbocycles. The number of carbonyl (C=O) groups excluding carboxylic acids is 1. The van der Waals surface area contributed by atoms with Crippen LogP contribution in [0.3, 0.4) is 0 Å². The number of carboxylic acid groups (broad SMARTS) is 1. The molecule has 0 aliphatic heterocycles. The van der Waals surface area contributed by atoms with Gasteiger partial charge >= 0.3 is 5.97 Å². The van der Waals surface area contributed by atoms with Crippen LogP contribution < -0.4 is 4.74 Å². The highest BCUT2D eigenvalue weighted by atomic mass is 16.5. The number of aldehydes is 1. The van der Waals surface area contributed by atoms with Crippen molar-refractivity contribution >= 4 is 34.2 Å². The Bertz CT molecular complexity index is 1980. The molecule has 0 radical (unpaired) electrons. The summed E-state index contributed by atoms with van der Waals surface area (Å²) in [6.07, 6.45) is 1.09. The summed E-state index contributed by atoms with van der Waals surface area (Å²) >= 11 is 0. The Morgan fingerprint density at radius 2 is 1.64 bits per heavy atom. The number of benzene rings is 4. The standard InChI is InChI=1S/C36H31N3O4.CH4O/c1-36(2,35(41)42)20-34-38-32-19-29(43-23-28-15-14-25-9-4-6-13-31(25)37-28)16-17-33(32)39(34)21-27-10-3-5-12-30(27)26-11-7-8-24(18-26)22-40;1-2/h3-19,22H,20-21,23H2,1-2H3,(H,41,42);2H,1H3. The van der Waals surface area contributed by atoms with Crippen molar-refractivity contribution in [1.29, 1.82) is 0 Å². The number of carboxylic acids is 1. The zero-order valence-electron chi connectivity index (χ0n) is 25.5. The number of para-hydroxylation sites is 1. The Kier molecular flexibility index (Phi) is 9.35. The van der Waals surface area contributed by atoms with Gasteiger partial charge in [0.1, 0.15) is 24.5 Å². The first-order valence-electron chi connectivity index (χ1n) is 14.6. The fourth-order valence-corrected chi connectivity index (χ4v) is 5.27. The second-order valence-electron chi connectivity index (χ2n) is 11.3. The van der Waals surface area contributed by atoms with E-state index in [1.165, 1.54) is 0 Å². The van der Waals surface area contributed by atoms with Crippen LogP contribution in [-0.4, -0.2) is 44.1 Å². The molecular formula is C37H35N3O5. The first kappa shape index (κ1) is 31.1. The van der Waals surface area contributed by atoms with Crippen LogP contribution in [0.2, 0.25) is 0 Å². The Morgan fingerprint density at radius 1 is 0.867 bits per heavy atom. The zero-order chi connectivity index (χ0) is 32.0. The van der Waals surface area contributed by atoms with E-state index in [1.54, 1.807) is 19.9 Å². The minimum atomic E-state index is -1.02. The molecule has 0 spiro atoms. The lowest BCUT2D eigenvalue weighted by Crippen LogP contribution is -2.28. The third-order valence-electron chi connectivity index (χ3n) is 7.70. The zero-order valence-corrected chi connectivity index (χ0v) is 25.5. The molecule has 0 saturated carbocycles. The third-order valence-corrected chi connectivity index (χ3v) is 7.70. The minimum absolute atomic E-state index is 0.247. The SMILES string of the molecule is CC(C)(Cc1nc2cc(OCc3ccc4ccccc4n3)ccc2n1Cc1ccccc1-c1cccc(C=O)c1)C(=O)O.CO. The summed E-state index contributed by atoms with van der Waals surface area (Å²) < 4.78 is 8.20. The number of aromatic nitrogens is 3. The van der Waals surface area contributed by atoms with Crippen molar-refractivity contribution in [3.8, 4) is 16.9 Å². The van der Waals surface area contributed by atoms with E-state index < -0.39 is 11.4 Å². The third kappa shape index (κ3) is 6.92. The summed E-state index contributed by atoms with van der Waals surface area (Å²) in [7, 11) is 1.00. The van der Waals surface area contributed by atoms with Crippen molar-refractivity contribution in [2.24, 2.45) is 5.41 Å². The average Bonchev–Trinajstić information content (AvgIpc) is 3.39. The van der Waals surface area contributed by atoms with Crippen LogP contribution in [-0.2, 0) is 24.4 Å². The van der Waals surface area contributed by atoms with E-state index in [0.29, 0.717) is 30.3 Å². The quantitative estimate of drug-likeness (QED) is 0.163. The van der Waals surface area contributed by atoms with Gasteiger partial charge < -0.3 is 19.5 Å². The number of aliphatic hydroxyl groups is 1. The van der Waals surface area contributed by atoms with Crippen LogP contribution in [0, 0.1) is 5.41 Å². The van der Waals surface area contributed by atoms with Crippen molar-refractivity contribution in [3.05, 3.63) is 126 Å². The van der Waals surface area contributed by atoms with E-state index in [9.17, 15) is 14.7 Å². The van der Waals surface area contributed by atoms with Gasteiger partial charge in [-0.15, -0.1) is 0 Å². The van der Waals surface area contributed by atoms with E-state index >= 15 is 0 Å². The van der Waals surface area contributed by atoms with Gasteiger partial charge in [-0.3, -0.25) is 9.59 Å². The Hall–Kier alpha value is -5.34. The number of imidazole rings is 1.